The van der Waals surface area contributed by atoms with Crippen LogP contribution in [0, 0.1) is 0 Å². The third kappa shape index (κ3) is 1.26. The zero-order valence-corrected chi connectivity index (χ0v) is 8.63. The molecule has 72 valence electrons. The zero-order chi connectivity index (χ0) is 10.3. The summed E-state index contributed by atoms with van der Waals surface area (Å²) >= 11 is 3.30. The van der Waals surface area contributed by atoms with E-state index < -0.39 is 5.97 Å². The number of benzene rings is 1. The highest BCUT2D eigenvalue weighted by atomic mass is 79.9. The number of hydrogen-bond donors (Lipinski definition) is 3. The molecule has 0 aliphatic carbocycles. The smallest absolute Gasteiger partial charge is 0.354 e. The van der Waals surface area contributed by atoms with Crippen LogP contribution in [-0.2, 0) is 0 Å². The second-order valence-corrected chi connectivity index (χ2v) is 3.82. The van der Waals surface area contributed by atoms with E-state index in [9.17, 15) is 4.79 Å². The lowest BCUT2D eigenvalue weighted by Gasteiger charge is -1.92. The molecular weight excluding hydrogens is 248 g/mol. The molecule has 0 radical (unpaired) electrons. The van der Waals surface area contributed by atoms with Gasteiger partial charge < -0.3 is 15.8 Å². The molecule has 1 heterocycles. The van der Waals surface area contributed by atoms with Gasteiger partial charge in [0, 0.05) is 15.4 Å². The Labute approximate surface area is 87.9 Å². The summed E-state index contributed by atoms with van der Waals surface area (Å²) in [5.74, 6) is -1.05. The topological polar surface area (TPSA) is 79.1 Å². The Balaban J connectivity index is 2.80. The van der Waals surface area contributed by atoms with Gasteiger partial charge in [0.1, 0.15) is 5.69 Å². The fraction of sp³-hybridized carbons (Fsp3) is 0. The van der Waals surface area contributed by atoms with Crippen molar-refractivity contribution in [1.29, 1.82) is 0 Å². The molecule has 2 rings (SSSR count). The first-order chi connectivity index (χ1) is 6.59. The summed E-state index contributed by atoms with van der Waals surface area (Å²) in [6.45, 7) is 0. The number of nitrogens with one attached hydrogen (secondary N) is 1. The van der Waals surface area contributed by atoms with Crippen LogP contribution >= 0.6 is 15.9 Å². The molecular formula is C9H7BrN2O2. The molecule has 4 nitrogen and oxygen atoms in total. The van der Waals surface area contributed by atoms with Crippen LogP contribution in [0.3, 0.4) is 0 Å². The number of carboxylic acids is 1. The normalized spacial score (nSPS) is 10.6. The van der Waals surface area contributed by atoms with Gasteiger partial charge in [-0.25, -0.2) is 4.79 Å². The van der Waals surface area contributed by atoms with E-state index >= 15 is 0 Å². The molecule has 0 saturated heterocycles. The van der Waals surface area contributed by atoms with Gasteiger partial charge in [0.15, 0.2) is 0 Å². The highest BCUT2D eigenvalue weighted by Gasteiger charge is 2.13. The predicted octanol–water partition coefficient (Wildman–Crippen LogP) is 2.21. The molecule has 0 bridgehead atoms. The summed E-state index contributed by atoms with van der Waals surface area (Å²) in [4.78, 5) is 13.5. The maximum atomic E-state index is 10.8. The largest absolute Gasteiger partial charge is 0.477 e. The summed E-state index contributed by atoms with van der Waals surface area (Å²) < 4.78 is 0.868. The van der Waals surface area contributed by atoms with Crippen LogP contribution in [0.2, 0.25) is 0 Å². The van der Waals surface area contributed by atoms with Gasteiger partial charge >= 0.3 is 5.97 Å². The number of nitrogen functional groups attached to an aromatic ring is 1. The third-order valence-corrected chi connectivity index (χ3v) is 2.51. The molecule has 0 fully saturated rings. The molecule has 0 aliphatic heterocycles. The molecule has 0 aliphatic rings. The molecule has 0 spiro atoms. The first-order valence-corrected chi connectivity index (χ1v) is 4.69. The van der Waals surface area contributed by atoms with E-state index in [1.807, 2.05) is 6.07 Å². The Morgan fingerprint density at radius 2 is 2.21 bits per heavy atom. The van der Waals surface area contributed by atoms with Crippen LogP contribution in [0.4, 0.5) is 5.69 Å². The van der Waals surface area contributed by atoms with Crippen molar-refractivity contribution in [3.05, 3.63) is 28.4 Å². The van der Waals surface area contributed by atoms with Gasteiger partial charge in [-0.3, -0.25) is 0 Å². The van der Waals surface area contributed by atoms with Gasteiger partial charge in [-0.2, -0.15) is 0 Å². The van der Waals surface area contributed by atoms with E-state index in [4.69, 9.17) is 10.8 Å². The number of anilines is 1. The number of H-pyrrole nitrogens is 1. The van der Waals surface area contributed by atoms with E-state index in [1.54, 1.807) is 12.1 Å². The number of fused-ring (bicyclic) bond motifs is 1. The van der Waals surface area contributed by atoms with Crippen molar-refractivity contribution in [3.63, 3.8) is 0 Å². The van der Waals surface area contributed by atoms with E-state index in [-0.39, 0.29) is 11.4 Å². The molecule has 0 unspecified atom stereocenters. The third-order valence-electron chi connectivity index (χ3n) is 2.01. The van der Waals surface area contributed by atoms with Gasteiger partial charge in [0.2, 0.25) is 0 Å². The van der Waals surface area contributed by atoms with Gasteiger partial charge in [0.25, 0.3) is 0 Å². The van der Waals surface area contributed by atoms with Gasteiger partial charge in [-0.15, -0.1) is 0 Å². The zero-order valence-electron chi connectivity index (χ0n) is 7.04. The standard InChI is InChI=1S/C9H7BrN2O2/c10-4-1-2-6-5(3-4)7(11)8(12-6)9(13)14/h1-3,12H,11H2,(H,13,14). The Bertz CT molecular complexity index is 519. The van der Waals surface area contributed by atoms with Crippen molar-refractivity contribution in [3.8, 4) is 0 Å². The van der Waals surface area contributed by atoms with Crippen LogP contribution < -0.4 is 5.73 Å². The number of carboxylic acid groups (broad SMARTS) is 1. The average molecular weight is 255 g/mol. The molecule has 4 N–H and O–H groups in total. The van der Waals surface area contributed by atoms with E-state index in [2.05, 4.69) is 20.9 Å². The number of aromatic amines is 1. The van der Waals surface area contributed by atoms with Crippen LogP contribution in [0.1, 0.15) is 10.5 Å². The summed E-state index contributed by atoms with van der Waals surface area (Å²) in [7, 11) is 0. The molecule has 0 amide bonds. The van der Waals surface area contributed by atoms with Crippen molar-refractivity contribution in [2.45, 2.75) is 0 Å². The van der Waals surface area contributed by atoms with E-state index in [0.29, 0.717) is 0 Å². The minimum absolute atomic E-state index is 0.0399. The van der Waals surface area contributed by atoms with E-state index in [0.717, 1.165) is 15.4 Å². The van der Waals surface area contributed by atoms with Crippen LogP contribution in [0.5, 0.6) is 0 Å². The van der Waals surface area contributed by atoms with Crippen molar-refractivity contribution in [2.24, 2.45) is 0 Å². The van der Waals surface area contributed by atoms with Crippen LogP contribution in [0.25, 0.3) is 10.9 Å². The number of rotatable bonds is 1. The molecule has 0 saturated carbocycles. The van der Waals surface area contributed by atoms with Gasteiger partial charge in [-0.05, 0) is 18.2 Å². The monoisotopic (exact) mass is 254 g/mol. The minimum Gasteiger partial charge on any atom is -0.477 e. The van der Waals surface area contributed by atoms with E-state index in [1.165, 1.54) is 0 Å². The Kier molecular flexibility index (Phi) is 1.96. The number of nitrogens with two attached hydrogens (primary N) is 1. The fourth-order valence-electron chi connectivity index (χ4n) is 1.35. The minimum atomic E-state index is -1.05. The Morgan fingerprint density at radius 1 is 1.50 bits per heavy atom. The maximum Gasteiger partial charge on any atom is 0.354 e. The highest BCUT2D eigenvalue weighted by Crippen LogP contribution is 2.27. The number of aromatic carboxylic acids is 1. The molecule has 2 aromatic rings. The van der Waals surface area contributed by atoms with Crippen LogP contribution in [-0.4, -0.2) is 16.1 Å². The number of aromatic nitrogens is 1. The lowest BCUT2D eigenvalue weighted by atomic mass is 10.2. The van der Waals surface area contributed by atoms with Crippen molar-refractivity contribution >= 4 is 38.5 Å². The summed E-state index contributed by atoms with van der Waals surface area (Å²) in [6.07, 6.45) is 0. The predicted molar refractivity (Wildman–Crippen MR) is 57.4 cm³/mol. The molecule has 1 aromatic carbocycles. The summed E-state index contributed by atoms with van der Waals surface area (Å²) in [5, 5.41) is 9.53. The second kappa shape index (κ2) is 3.02. The lowest BCUT2D eigenvalue weighted by Crippen LogP contribution is -2.00. The lowest BCUT2D eigenvalue weighted by molar-refractivity contribution is 0.0692. The van der Waals surface area contributed by atoms with Gasteiger partial charge in [0.05, 0.1) is 5.69 Å². The SMILES string of the molecule is Nc1c(C(=O)O)[nH]c2ccc(Br)cc12. The summed E-state index contributed by atoms with van der Waals surface area (Å²) in [6, 6.07) is 5.39. The number of hydrogen-bond acceptors (Lipinski definition) is 2. The van der Waals surface area contributed by atoms with Crippen LogP contribution in [0.15, 0.2) is 22.7 Å². The molecule has 5 heteroatoms. The van der Waals surface area contributed by atoms with Crippen molar-refractivity contribution in [1.82, 2.24) is 4.98 Å². The first kappa shape index (κ1) is 9.08. The van der Waals surface area contributed by atoms with Crippen molar-refractivity contribution in [2.75, 3.05) is 5.73 Å². The number of halogens is 1. The fourth-order valence-corrected chi connectivity index (χ4v) is 1.71. The Morgan fingerprint density at radius 3 is 2.86 bits per heavy atom. The molecule has 0 atom stereocenters. The Hall–Kier alpha value is -1.49. The number of carbonyl (C=O) groups is 1. The van der Waals surface area contributed by atoms with Crippen molar-refractivity contribution < 1.29 is 9.90 Å². The maximum absolute atomic E-state index is 10.8. The molecule has 1 aromatic heterocycles. The quantitative estimate of drug-likeness (QED) is 0.730. The first-order valence-electron chi connectivity index (χ1n) is 3.89. The molecule has 14 heavy (non-hydrogen) atoms. The highest BCUT2D eigenvalue weighted by molar-refractivity contribution is 9.10. The summed E-state index contributed by atoms with van der Waals surface area (Å²) in [5.41, 5.74) is 6.71. The second-order valence-electron chi connectivity index (χ2n) is 2.91. The average Bonchev–Trinajstić information content (AvgIpc) is 2.44. The van der Waals surface area contributed by atoms with Gasteiger partial charge in [-0.1, -0.05) is 15.9 Å².